The SMILES string of the molecule is O=C(O)C1=C2N=c3ccccc3=C2C=CC1. The fraction of sp³-hybridized carbons (Fsp3) is 0.0769. The molecule has 0 saturated carbocycles. The van der Waals surface area contributed by atoms with Gasteiger partial charge >= 0.3 is 5.97 Å². The molecular weight excluding hydrogens is 202 g/mol. The van der Waals surface area contributed by atoms with Gasteiger partial charge in [0.15, 0.2) is 0 Å². The van der Waals surface area contributed by atoms with Crippen molar-refractivity contribution in [3.05, 3.63) is 58.3 Å². The van der Waals surface area contributed by atoms with Gasteiger partial charge in [0.2, 0.25) is 0 Å². The Bertz CT molecular complexity index is 665. The number of carbonyl (C=O) groups is 1. The number of nitrogens with zero attached hydrogens (tertiary/aromatic N) is 1. The molecule has 0 radical (unpaired) electrons. The summed E-state index contributed by atoms with van der Waals surface area (Å²) in [7, 11) is 0. The molecule has 0 aromatic heterocycles. The van der Waals surface area contributed by atoms with Crippen molar-refractivity contribution in [3.63, 3.8) is 0 Å². The smallest absolute Gasteiger partial charge is 0.334 e. The molecule has 78 valence electrons. The van der Waals surface area contributed by atoms with E-state index in [1.54, 1.807) is 0 Å². The second kappa shape index (κ2) is 3.17. The summed E-state index contributed by atoms with van der Waals surface area (Å²) in [5, 5.41) is 11.0. The van der Waals surface area contributed by atoms with Crippen molar-refractivity contribution in [3.8, 4) is 0 Å². The average Bonchev–Trinajstić information content (AvgIpc) is 2.67. The van der Waals surface area contributed by atoms with E-state index in [2.05, 4.69) is 4.99 Å². The number of fused-ring (bicyclic) bond motifs is 2. The van der Waals surface area contributed by atoms with E-state index in [1.807, 2.05) is 36.4 Å². The van der Waals surface area contributed by atoms with Crippen LogP contribution in [0.4, 0.5) is 0 Å². The summed E-state index contributed by atoms with van der Waals surface area (Å²) >= 11 is 0. The zero-order chi connectivity index (χ0) is 11.1. The van der Waals surface area contributed by atoms with Gasteiger partial charge in [0.1, 0.15) is 0 Å². The molecule has 0 bridgehead atoms. The van der Waals surface area contributed by atoms with Gasteiger partial charge in [-0.2, -0.15) is 0 Å². The molecule has 0 amide bonds. The van der Waals surface area contributed by atoms with E-state index in [0.717, 1.165) is 16.1 Å². The van der Waals surface area contributed by atoms with Crippen molar-refractivity contribution >= 4 is 11.5 Å². The molecule has 3 nitrogen and oxygen atoms in total. The number of hydrogen-bond donors (Lipinski definition) is 1. The molecule has 3 heteroatoms. The van der Waals surface area contributed by atoms with E-state index < -0.39 is 5.97 Å². The van der Waals surface area contributed by atoms with Crippen LogP contribution in [0.1, 0.15) is 6.42 Å². The number of allylic oxidation sites excluding steroid dienone is 2. The van der Waals surface area contributed by atoms with Crippen molar-refractivity contribution < 1.29 is 9.90 Å². The Kier molecular flexibility index (Phi) is 1.80. The van der Waals surface area contributed by atoms with Crippen LogP contribution in [0.3, 0.4) is 0 Å². The van der Waals surface area contributed by atoms with Gasteiger partial charge < -0.3 is 5.11 Å². The number of benzene rings is 1. The number of aliphatic carboxylic acids is 1. The van der Waals surface area contributed by atoms with Gasteiger partial charge in [0, 0.05) is 10.8 Å². The van der Waals surface area contributed by atoms with Crippen molar-refractivity contribution in [2.75, 3.05) is 0 Å². The molecule has 1 aromatic rings. The highest BCUT2D eigenvalue weighted by molar-refractivity contribution is 5.94. The minimum atomic E-state index is -0.881. The normalized spacial score (nSPS) is 16.9. The Hall–Kier alpha value is -2.16. The molecular formula is C13H9NO2. The molecule has 2 aliphatic rings. The highest BCUT2D eigenvalue weighted by atomic mass is 16.4. The van der Waals surface area contributed by atoms with E-state index in [4.69, 9.17) is 5.11 Å². The highest BCUT2D eigenvalue weighted by Crippen LogP contribution is 2.26. The predicted octanol–water partition coefficient (Wildman–Crippen LogP) is 0.769. The standard InChI is InChI=1S/C13H9NO2/c15-13(16)10-6-3-5-9-8-4-1-2-7-11(8)14-12(9)10/h1-5,7H,6H2,(H,15,16). The van der Waals surface area contributed by atoms with Crippen LogP contribution in [0.5, 0.6) is 0 Å². The lowest BCUT2D eigenvalue weighted by atomic mass is 9.98. The maximum Gasteiger partial charge on any atom is 0.334 e. The Morgan fingerprint density at radius 3 is 2.94 bits per heavy atom. The number of carboxylic acids is 1. The van der Waals surface area contributed by atoms with Gasteiger partial charge in [-0.1, -0.05) is 30.4 Å². The van der Waals surface area contributed by atoms with E-state index >= 15 is 0 Å². The van der Waals surface area contributed by atoms with Crippen LogP contribution in [-0.4, -0.2) is 11.1 Å². The third kappa shape index (κ3) is 1.15. The van der Waals surface area contributed by atoms with Gasteiger partial charge in [-0.05, 0) is 12.5 Å². The van der Waals surface area contributed by atoms with Crippen LogP contribution in [-0.2, 0) is 4.79 Å². The molecule has 0 unspecified atom stereocenters. The molecule has 0 saturated heterocycles. The fourth-order valence-electron chi connectivity index (χ4n) is 2.09. The summed E-state index contributed by atoms with van der Waals surface area (Å²) in [6.07, 6.45) is 4.28. The van der Waals surface area contributed by atoms with E-state index in [1.165, 1.54) is 0 Å². The summed E-state index contributed by atoms with van der Waals surface area (Å²) in [6, 6.07) is 7.72. The summed E-state index contributed by atoms with van der Waals surface area (Å²) in [5.74, 6) is -0.881. The largest absolute Gasteiger partial charge is 0.478 e. The van der Waals surface area contributed by atoms with Crippen LogP contribution in [0.25, 0.3) is 5.57 Å². The first-order chi connectivity index (χ1) is 7.77. The van der Waals surface area contributed by atoms with Crippen molar-refractivity contribution in [1.29, 1.82) is 0 Å². The van der Waals surface area contributed by atoms with Gasteiger partial charge in [0.25, 0.3) is 0 Å². The number of carboxylic acid groups (broad SMARTS) is 1. The lowest BCUT2D eigenvalue weighted by molar-refractivity contribution is -0.132. The van der Waals surface area contributed by atoms with Gasteiger partial charge in [-0.15, -0.1) is 0 Å². The first-order valence-corrected chi connectivity index (χ1v) is 5.09. The predicted molar refractivity (Wildman–Crippen MR) is 59.0 cm³/mol. The number of para-hydroxylation sites is 1. The van der Waals surface area contributed by atoms with Crippen molar-refractivity contribution in [2.45, 2.75) is 6.42 Å². The second-order valence-electron chi connectivity index (χ2n) is 3.78. The Morgan fingerprint density at radius 1 is 1.31 bits per heavy atom. The van der Waals surface area contributed by atoms with Crippen molar-refractivity contribution in [2.24, 2.45) is 4.99 Å². The van der Waals surface area contributed by atoms with E-state index in [0.29, 0.717) is 17.7 Å². The molecule has 1 N–H and O–H groups in total. The quantitative estimate of drug-likeness (QED) is 0.745. The molecule has 1 aromatic carbocycles. The van der Waals surface area contributed by atoms with Crippen LogP contribution in [0.2, 0.25) is 0 Å². The first kappa shape index (κ1) is 9.09. The third-order valence-electron chi connectivity index (χ3n) is 2.83. The maximum atomic E-state index is 11.1. The monoisotopic (exact) mass is 211 g/mol. The van der Waals surface area contributed by atoms with Crippen LogP contribution < -0.4 is 10.6 Å². The summed E-state index contributed by atoms with van der Waals surface area (Å²) in [6.45, 7) is 0. The van der Waals surface area contributed by atoms with Gasteiger partial charge in [-0.3, -0.25) is 0 Å². The maximum absolute atomic E-state index is 11.1. The second-order valence-corrected chi connectivity index (χ2v) is 3.78. The molecule has 3 rings (SSSR count). The zero-order valence-electron chi connectivity index (χ0n) is 8.47. The minimum Gasteiger partial charge on any atom is -0.478 e. The summed E-state index contributed by atoms with van der Waals surface area (Å²) in [5.41, 5.74) is 1.93. The Balaban J connectivity index is 2.41. The fourth-order valence-corrected chi connectivity index (χ4v) is 2.09. The van der Waals surface area contributed by atoms with Crippen molar-refractivity contribution in [1.82, 2.24) is 0 Å². The van der Waals surface area contributed by atoms with E-state index in [-0.39, 0.29) is 0 Å². The summed E-state index contributed by atoms with van der Waals surface area (Å²) in [4.78, 5) is 15.5. The Labute approximate surface area is 91.8 Å². The average molecular weight is 211 g/mol. The lowest BCUT2D eigenvalue weighted by Gasteiger charge is -2.09. The minimum absolute atomic E-state index is 0.383. The third-order valence-corrected chi connectivity index (χ3v) is 2.83. The lowest BCUT2D eigenvalue weighted by Crippen LogP contribution is -2.21. The van der Waals surface area contributed by atoms with Gasteiger partial charge in [-0.25, -0.2) is 9.79 Å². The first-order valence-electron chi connectivity index (χ1n) is 5.09. The zero-order valence-corrected chi connectivity index (χ0v) is 8.47. The topological polar surface area (TPSA) is 49.7 Å². The van der Waals surface area contributed by atoms with Crippen LogP contribution in [0, 0.1) is 0 Å². The molecule has 1 aliphatic carbocycles. The highest BCUT2D eigenvalue weighted by Gasteiger charge is 2.21. The van der Waals surface area contributed by atoms with Crippen LogP contribution in [0.15, 0.2) is 52.7 Å². The molecule has 0 spiro atoms. The molecule has 1 aliphatic heterocycles. The molecule has 0 fully saturated rings. The summed E-state index contributed by atoms with van der Waals surface area (Å²) < 4.78 is 0. The number of hydrogen-bond acceptors (Lipinski definition) is 2. The van der Waals surface area contributed by atoms with Gasteiger partial charge in [0.05, 0.1) is 16.6 Å². The number of rotatable bonds is 1. The Morgan fingerprint density at radius 2 is 2.12 bits per heavy atom. The molecule has 1 heterocycles. The molecule has 16 heavy (non-hydrogen) atoms. The molecule has 0 atom stereocenters. The van der Waals surface area contributed by atoms with Crippen LogP contribution >= 0.6 is 0 Å². The van der Waals surface area contributed by atoms with E-state index in [9.17, 15) is 4.79 Å².